The van der Waals surface area contributed by atoms with E-state index in [-0.39, 0.29) is 6.61 Å². The van der Waals surface area contributed by atoms with Crippen molar-refractivity contribution in [3.63, 3.8) is 0 Å². The molecule has 0 aliphatic carbocycles. The van der Waals surface area contributed by atoms with Crippen LogP contribution in [0, 0.1) is 0 Å². The second-order valence-corrected chi connectivity index (χ2v) is 4.67. The molecule has 0 spiro atoms. The highest BCUT2D eigenvalue weighted by Crippen LogP contribution is 2.17. The zero-order chi connectivity index (χ0) is 17.9. The number of hydrogen-bond acceptors (Lipinski definition) is 6. The monoisotopic (exact) mass is 338 g/mol. The van der Waals surface area contributed by atoms with Crippen LogP contribution in [0.3, 0.4) is 0 Å². The van der Waals surface area contributed by atoms with Crippen molar-refractivity contribution in [2.24, 2.45) is 0 Å². The van der Waals surface area contributed by atoms with E-state index in [1.54, 1.807) is 31.2 Å². The molecule has 0 saturated heterocycles. The van der Waals surface area contributed by atoms with Crippen molar-refractivity contribution >= 4 is 17.9 Å². The zero-order valence-corrected chi connectivity index (χ0v) is 14.0. The van der Waals surface area contributed by atoms with Crippen molar-refractivity contribution in [3.8, 4) is 11.5 Å². The molecule has 24 heavy (non-hydrogen) atoms. The van der Waals surface area contributed by atoms with Gasteiger partial charge in [0.25, 0.3) is 5.91 Å². The van der Waals surface area contributed by atoms with Crippen molar-refractivity contribution in [2.75, 3.05) is 19.8 Å². The van der Waals surface area contributed by atoms with E-state index >= 15 is 0 Å². The third-order valence-electron chi connectivity index (χ3n) is 2.74. The Morgan fingerprint density at radius 3 is 2.17 bits per heavy atom. The molecule has 1 atom stereocenters. The first-order valence-corrected chi connectivity index (χ1v) is 7.60. The third kappa shape index (κ3) is 6.99. The van der Waals surface area contributed by atoms with Crippen molar-refractivity contribution in [1.82, 2.24) is 10.6 Å². The Hall–Kier alpha value is -2.77. The molecule has 3 amide bonds. The second-order valence-electron chi connectivity index (χ2n) is 4.67. The molecule has 0 heterocycles. The lowest BCUT2D eigenvalue weighted by Crippen LogP contribution is -2.44. The minimum atomic E-state index is -1.11. The summed E-state index contributed by atoms with van der Waals surface area (Å²) in [7, 11) is 0. The summed E-state index contributed by atoms with van der Waals surface area (Å²) in [5, 5.41) is 4.46. The minimum Gasteiger partial charge on any atom is -0.494 e. The van der Waals surface area contributed by atoms with E-state index < -0.39 is 24.0 Å². The maximum atomic E-state index is 11.7. The molecule has 0 saturated carbocycles. The molecule has 1 rings (SSSR count). The van der Waals surface area contributed by atoms with Gasteiger partial charge in [-0.15, -0.1) is 0 Å². The van der Waals surface area contributed by atoms with Gasteiger partial charge in [0.05, 0.1) is 6.61 Å². The fraction of sp³-hybridized carbons (Fsp3) is 0.438. The lowest BCUT2D eigenvalue weighted by molar-refractivity contribution is -0.156. The molecular weight excluding hydrogens is 316 g/mol. The highest BCUT2D eigenvalue weighted by molar-refractivity contribution is 5.97. The summed E-state index contributed by atoms with van der Waals surface area (Å²) >= 11 is 0. The number of amides is 3. The summed E-state index contributed by atoms with van der Waals surface area (Å²) in [4.78, 5) is 34.5. The smallest absolute Gasteiger partial charge is 0.344 e. The van der Waals surface area contributed by atoms with Gasteiger partial charge in [0.1, 0.15) is 11.5 Å². The molecule has 1 unspecified atom stereocenters. The van der Waals surface area contributed by atoms with E-state index in [1.807, 2.05) is 6.92 Å². The molecule has 8 nitrogen and oxygen atoms in total. The fourth-order valence-electron chi connectivity index (χ4n) is 1.64. The minimum absolute atomic E-state index is 0.354. The van der Waals surface area contributed by atoms with Crippen LogP contribution in [-0.4, -0.2) is 43.8 Å². The number of ether oxygens (including phenoxy) is 3. The van der Waals surface area contributed by atoms with E-state index in [1.165, 1.54) is 6.92 Å². The van der Waals surface area contributed by atoms with Crippen LogP contribution in [-0.2, 0) is 14.3 Å². The van der Waals surface area contributed by atoms with Crippen LogP contribution in [0.25, 0.3) is 0 Å². The summed E-state index contributed by atoms with van der Waals surface area (Å²) in [5.41, 5.74) is 0. The molecule has 0 aromatic heterocycles. The maximum Gasteiger partial charge on any atom is 0.344 e. The normalized spacial score (nSPS) is 11.1. The predicted octanol–water partition coefficient (Wildman–Crippen LogP) is 1.24. The van der Waals surface area contributed by atoms with Gasteiger partial charge in [-0.2, -0.15) is 0 Å². The highest BCUT2D eigenvalue weighted by Gasteiger charge is 2.19. The molecule has 132 valence electrons. The van der Waals surface area contributed by atoms with Gasteiger partial charge >= 0.3 is 12.0 Å². The number of esters is 1. The average molecular weight is 338 g/mol. The number of benzene rings is 1. The lowest BCUT2D eigenvalue weighted by atomic mass is 10.3. The van der Waals surface area contributed by atoms with E-state index in [9.17, 15) is 14.4 Å². The first-order chi connectivity index (χ1) is 11.5. The van der Waals surface area contributed by atoms with Gasteiger partial charge in [0.2, 0.25) is 0 Å². The third-order valence-corrected chi connectivity index (χ3v) is 2.74. The number of nitrogens with one attached hydrogen (secondary N) is 2. The van der Waals surface area contributed by atoms with E-state index in [0.717, 1.165) is 0 Å². The van der Waals surface area contributed by atoms with Crippen molar-refractivity contribution in [2.45, 2.75) is 26.9 Å². The molecule has 2 N–H and O–H groups in total. The Bertz CT molecular complexity index is 558. The quantitative estimate of drug-likeness (QED) is 0.691. The van der Waals surface area contributed by atoms with E-state index in [0.29, 0.717) is 24.7 Å². The number of carbonyl (C=O) groups is 3. The Morgan fingerprint density at radius 2 is 1.62 bits per heavy atom. The molecule has 0 fully saturated rings. The first-order valence-electron chi connectivity index (χ1n) is 7.60. The summed E-state index contributed by atoms with van der Waals surface area (Å²) in [5.74, 6) is -0.268. The average Bonchev–Trinajstić information content (AvgIpc) is 2.54. The Labute approximate surface area is 140 Å². The van der Waals surface area contributed by atoms with Gasteiger partial charge in [-0.3, -0.25) is 10.1 Å². The number of hydrogen-bond donors (Lipinski definition) is 2. The van der Waals surface area contributed by atoms with Crippen LogP contribution in [0.15, 0.2) is 24.3 Å². The van der Waals surface area contributed by atoms with Crippen LogP contribution in [0.4, 0.5) is 4.79 Å². The Balaban J connectivity index is 2.37. The summed E-state index contributed by atoms with van der Waals surface area (Å²) < 4.78 is 15.4. The van der Waals surface area contributed by atoms with Gasteiger partial charge in [0, 0.05) is 6.54 Å². The van der Waals surface area contributed by atoms with Gasteiger partial charge in [-0.25, -0.2) is 9.59 Å². The molecule has 8 heteroatoms. The van der Waals surface area contributed by atoms with Gasteiger partial charge in [-0.1, -0.05) is 0 Å². The van der Waals surface area contributed by atoms with Crippen LogP contribution in [0.2, 0.25) is 0 Å². The molecule has 1 aromatic carbocycles. The highest BCUT2D eigenvalue weighted by atomic mass is 16.6. The molecule has 0 radical (unpaired) electrons. The summed E-state index contributed by atoms with van der Waals surface area (Å²) in [6.45, 7) is 5.54. The second kappa shape index (κ2) is 10.1. The number of urea groups is 1. The van der Waals surface area contributed by atoms with E-state index in [2.05, 4.69) is 10.6 Å². The SMILES string of the molecule is CCNC(=O)NC(=O)C(C)OC(=O)COc1ccc(OCC)cc1. The van der Waals surface area contributed by atoms with E-state index in [4.69, 9.17) is 14.2 Å². The zero-order valence-electron chi connectivity index (χ0n) is 14.0. The number of imide groups is 1. The first kappa shape index (κ1) is 19.3. The van der Waals surface area contributed by atoms with Crippen molar-refractivity contribution in [3.05, 3.63) is 24.3 Å². The molecule has 1 aromatic rings. The molecule has 0 aliphatic heterocycles. The van der Waals surface area contributed by atoms with Crippen LogP contribution in [0.5, 0.6) is 11.5 Å². The van der Waals surface area contributed by atoms with Gasteiger partial charge in [-0.05, 0) is 45.0 Å². The van der Waals surface area contributed by atoms with Gasteiger partial charge < -0.3 is 19.5 Å². The number of carbonyl (C=O) groups excluding carboxylic acids is 3. The predicted molar refractivity (Wildman–Crippen MR) is 85.9 cm³/mol. The molecular formula is C16H22N2O6. The number of rotatable bonds is 8. The summed E-state index contributed by atoms with van der Waals surface area (Å²) in [6, 6.07) is 6.10. The van der Waals surface area contributed by atoms with Crippen LogP contribution < -0.4 is 20.1 Å². The Morgan fingerprint density at radius 1 is 1.04 bits per heavy atom. The lowest BCUT2D eigenvalue weighted by Gasteiger charge is -2.13. The summed E-state index contributed by atoms with van der Waals surface area (Å²) in [6.07, 6.45) is -1.11. The molecule has 0 bridgehead atoms. The van der Waals surface area contributed by atoms with Gasteiger partial charge in [0.15, 0.2) is 12.7 Å². The van der Waals surface area contributed by atoms with Crippen molar-refractivity contribution < 1.29 is 28.6 Å². The fourth-order valence-corrected chi connectivity index (χ4v) is 1.64. The van der Waals surface area contributed by atoms with Crippen LogP contribution >= 0.6 is 0 Å². The largest absolute Gasteiger partial charge is 0.494 e. The Kier molecular flexibility index (Phi) is 8.10. The topological polar surface area (TPSA) is 103 Å². The van der Waals surface area contributed by atoms with Crippen LogP contribution in [0.1, 0.15) is 20.8 Å². The standard InChI is InChI=1S/C16H22N2O6/c1-4-17-16(21)18-15(20)11(3)24-14(19)10-23-13-8-6-12(7-9-13)22-5-2/h6-9,11H,4-5,10H2,1-3H3,(H2,17,18,20,21). The maximum absolute atomic E-state index is 11.7. The van der Waals surface area contributed by atoms with Crippen molar-refractivity contribution in [1.29, 1.82) is 0 Å². The molecule has 0 aliphatic rings.